The minimum atomic E-state index is -3.77. The molecule has 1 fully saturated rings. The first kappa shape index (κ1) is 22.9. The number of benzene rings is 2. The number of nitrogens with zero attached hydrogens (tertiary/aromatic N) is 1. The standard InChI is InChI=1S/C24H26BrNO5S/c1-3-30-24(27)23-16(2)21-14-19(10-13-22(21)31-23)26(15-17-6-4-5-7-17)32(28,29)20-11-8-18(25)9-12-20/h8-14,17H,3-7,15H2,1-2H3. The van der Waals surface area contributed by atoms with Crippen molar-refractivity contribution in [3.8, 4) is 0 Å². The number of anilines is 1. The quantitative estimate of drug-likeness (QED) is 0.354. The molecule has 1 heterocycles. The maximum atomic E-state index is 13.7. The summed E-state index contributed by atoms with van der Waals surface area (Å²) < 4.78 is 40.5. The fourth-order valence-electron chi connectivity index (χ4n) is 4.26. The number of aryl methyl sites for hydroxylation is 1. The summed E-state index contributed by atoms with van der Waals surface area (Å²) in [5, 5.41) is 0.702. The smallest absolute Gasteiger partial charge is 0.374 e. The number of carbonyl (C=O) groups excluding carboxylic acids is 1. The Balaban J connectivity index is 1.79. The molecule has 3 aromatic rings. The van der Waals surface area contributed by atoms with E-state index in [1.807, 2.05) is 0 Å². The Bertz CT molecular complexity index is 1230. The van der Waals surface area contributed by atoms with E-state index in [1.165, 1.54) is 4.31 Å². The summed E-state index contributed by atoms with van der Waals surface area (Å²) in [4.78, 5) is 12.5. The topological polar surface area (TPSA) is 76.8 Å². The molecule has 0 amide bonds. The number of sulfonamides is 1. The maximum Gasteiger partial charge on any atom is 0.374 e. The molecule has 0 saturated heterocycles. The van der Waals surface area contributed by atoms with Gasteiger partial charge in [0.15, 0.2) is 0 Å². The molecular formula is C24H26BrNO5S. The Labute approximate surface area is 196 Å². The first-order chi connectivity index (χ1) is 15.3. The zero-order valence-electron chi connectivity index (χ0n) is 18.1. The van der Waals surface area contributed by atoms with Crippen molar-refractivity contribution in [3.05, 3.63) is 58.3 Å². The predicted molar refractivity (Wildman–Crippen MR) is 128 cm³/mol. The molecule has 0 N–H and O–H groups in total. The van der Waals surface area contributed by atoms with Crippen LogP contribution in [0.5, 0.6) is 0 Å². The lowest BCUT2D eigenvalue weighted by Crippen LogP contribution is -2.35. The summed E-state index contributed by atoms with van der Waals surface area (Å²) in [6.45, 7) is 4.20. The van der Waals surface area contributed by atoms with Crippen LogP contribution in [0.2, 0.25) is 0 Å². The van der Waals surface area contributed by atoms with Crippen LogP contribution in [0.25, 0.3) is 11.0 Å². The van der Waals surface area contributed by atoms with Gasteiger partial charge in [0.25, 0.3) is 10.0 Å². The highest BCUT2D eigenvalue weighted by molar-refractivity contribution is 9.10. The van der Waals surface area contributed by atoms with Crippen LogP contribution < -0.4 is 4.31 Å². The number of esters is 1. The molecule has 4 rings (SSSR count). The van der Waals surface area contributed by atoms with E-state index >= 15 is 0 Å². The van der Waals surface area contributed by atoms with Gasteiger partial charge in [-0.15, -0.1) is 0 Å². The molecule has 6 nitrogen and oxygen atoms in total. The highest BCUT2D eigenvalue weighted by Gasteiger charge is 2.30. The Morgan fingerprint density at radius 1 is 1.16 bits per heavy atom. The van der Waals surface area contributed by atoms with Crippen LogP contribution >= 0.6 is 15.9 Å². The first-order valence-corrected chi connectivity index (χ1v) is 13.0. The van der Waals surface area contributed by atoms with Gasteiger partial charge in [-0.3, -0.25) is 4.31 Å². The molecule has 0 unspecified atom stereocenters. The molecular weight excluding hydrogens is 494 g/mol. The molecule has 1 aliphatic carbocycles. The van der Waals surface area contributed by atoms with Crippen LogP contribution in [0, 0.1) is 12.8 Å². The zero-order chi connectivity index (χ0) is 22.9. The van der Waals surface area contributed by atoms with Crippen LogP contribution in [-0.2, 0) is 14.8 Å². The van der Waals surface area contributed by atoms with Gasteiger partial charge in [-0.2, -0.15) is 0 Å². The van der Waals surface area contributed by atoms with Crippen molar-refractivity contribution >= 4 is 48.6 Å². The molecule has 0 radical (unpaired) electrons. The van der Waals surface area contributed by atoms with Gasteiger partial charge in [-0.25, -0.2) is 13.2 Å². The van der Waals surface area contributed by atoms with E-state index in [0.717, 1.165) is 30.2 Å². The van der Waals surface area contributed by atoms with E-state index in [9.17, 15) is 13.2 Å². The summed E-state index contributed by atoms with van der Waals surface area (Å²) >= 11 is 3.37. The third-order valence-corrected chi connectivity index (χ3v) is 8.31. The molecule has 0 aliphatic heterocycles. The van der Waals surface area contributed by atoms with Crippen molar-refractivity contribution in [2.45, 2.75) is 44.4 Å². The van der Waals surface area contributed by atoms with E-state index in [1.54, 1.807) is 56.3 Å². The Kier molecular flexibility index (Phi) is 6.62. The number of carbonyl (C=O) groups is 1. The van der Waals surface area contributed by atoms with Gasteiger partial charge in [0.2, 0.25) is 5.76 Å². The minimum Gasteiger partial charge on any atom is -0.460 e. The summed E-state index contributed by atoms with van der Waals surface area (Å²) in [6, 6.07) is 11.9. The SMILES string of the molecule is CCOC(=O)c1oc2ccc(N(CC3CCCC3)S(=O)(=O)c3ccc(Br)cc3)cc2c1C. The van der Waals surface area contributed by atoms with Crippen LogP contribution in [0.3, 0.4) is 0 Å². The number of rotatable bonds is 7. The fraction of sp³-hybridized carbons (Fsp3) is 0.375. The van der Waals surface area contributed by atoms with Crippen molar-refractivity contribution in [2.75, 3.05) is 17.5 Å². The number of hydrogen-bond donors (Lipinski definition) is 0. The largest absolute Gasteiger partial charge is 0.460 e. The highest BCUT2D eigenvalue weighted by Crippen LogP contribution is 2.35. The van der Waals surface area contributed by atoms with Crippen LogP contribution in [0.1, 0.15) is 48.7 Å². The molecule has 170 valence electrons. The second-order valence-corrected chi connectivity index (χ2v) is 10.9. The Morgan fingerprint density at radius 3 is 2.50 bits per heavy atom. The molecule has 0 bridgehead atoms. The predicted octanol–water partition coefficient (Wildman–Crippen LogP) is 6.07. The maximum absolute atomic E-state index is 13.7. The summed E-state index contributed by atoms with van der Waals surface area (Å²) in [5.41, 5.74) is 1.73. The van der Waals surface area contributed by atoms with Crippen molar-refractivity contribution in [2.24, 2.45) is 5.92 Å². The van der Waals surface area contributed by atoms with Crippen LogP contribution in [-0.4, -0.2) is 27.5 Å². The van der Waals surface area contributed by atoms with Crippen molar-refractivity contribution in [3.63, 3.8) is 0 Å². The third-order valence-electron chi connectivity index (χ3n) is 5.97. The molecule has 0 spiro atoms. The average Bonchev–Trinajstić information content (AvgIpc) is 3.40. The molecule has 0 atom stereocenters. The van der Waals surface area contributed by atoms with Crippen molar-refractivity contribution in [1.29, 1.82) is 0 Å². The van der Waals surface area contributed by atoms with Crippen molar-refractivity contribution < 1.29 is 22.4 Å². The zero-order valence-corrected chi connectivity index (χ0v) is 20.5. The molecule has 32 heavy (non-hydrogen) atoms. The van der Waals surface area contributed by atoms with Crippen LogP contribution in [0.15, 0.2) is 56.2 Å². The average molecular weight is 520 g/mol. The number of ether oxygens (including phenoxy) is 1. The number of fused-ring (bicyclic) bond motifs is 1. The normalized spacial score (nSPS) is 14.7. The fourth-order valence-corrected chi connectivity index (χ4v) is 6.06. The van der Waals surface area contributed by atoms with E-state index in [-0.39, 0.29) is 17.3 Å². The molecule has 1 aromatic heterocycles. The first-order valence-electron chi connectivity index (χ1n) is 10.8. The van der Waals surface area contributed by atoms with Gasteiger partial charge in [0.1, 0.15) is 5.58 Å². The van der Waals surface area contributed by atoms with E-state index in [0.29, 0.717) is 34.7 Å². The Morgan fingerprint density at radius 2 is 1.84 bits per heavy atom. The highest BCUT2D eigenvalue weighted by atomic mass is 79.9. The lowest BCUT2D eigenvalue weighted by Gasteiger charge is -2.27. The number of halogens is 1. The van der Waals surface area contributed by atoms with Gasteiger partial charge in [0, 0.05) is 22.0 Å². The van der Waals surface area contributed by atoms with Crippen LogP contribution in [0.4, 0.5) is 5.69 Å². The van der Waals surface area contributed by atoms with Gasteiger partial charge >= 0.3 is 5.97 Å². The molecule has 1 aliphatic rings. The second kappa shape index (κ2) is 9.27. The lowest BCUT2D eigenvalue weighted by molar-refractivity contribution is 0.0491. The van der Waals surface area contributed by atoms with Gasteiger partial charge < -0.3 is 9.15 Å². The van der Waals surface area contributed by atoms with Crippen molar-refractivity contribution in [1.82, 2.24) is 0 Å². The van der Waals surface area contributed by atoms with E-state index in [2.05, 4.69) is 15.9 Å². The minimum absolute atomic E-state index is 0.150. The van der Waals surface area contributed by atoms with E-state index in [4.69, 9.17) is 9.15 Å². The monoisotopic (exact) mass is 519 g/mol. The summed E-state index contributed by atoms with van der Waals surface area (Å²) in [7, 11) is -3.77. The summed E-state index contributed by atoms with van der Waals surface area (Å²) in [5.74, 6) is -0.0541. The Hall–Kier alpha value is -2.32. The summed E-state index contributed by atoms with van der Waals surface area (Å²) in [6.07, 6.45) is 4.29. The number of furan rings is 1. The molecule has 1 saturated carbocycles. The van der Waals surface area contributed by atoms with E-state index < -0.39 is 16.0 Å². The molecule has 2 aromatic carbocycles. The second-order valence-electron chi connectivity index (χ2n) is 8.10. The lowest BCUT2D eigenvalue weighted by atomic mass is 10.1. The number of hydrogen-bond acceptors (Lipinski definition) is 5. The van der Waals surface area contributed by atoms with Gasteiger partial charge in [0.05, 0.1) is 17.2 Å². The molecule has 8 heteroatoms. The van der Waals surface area contributed by atoms with Gasteiger partial charge in [-0.05, 0) is 75.1 Å². The third kappa shape index (κ3) is 4.43. The van der Waals surface area contributed by atoms with Gasteiger partial charge in [-0.1, -0.05) is 28.8 Å².